The van der Waals surface area contributed by atoms with Crippen molar-refractivity contribution in [3.8, 4) is 0 Å². The number of imide groups is 1. The number of hydrogen-bond donors (Lipinski definition) is 2. The van der Waals surface area contributed by atoms with Gasteiger partial charge in [0.15, 0.2) is 11.1 Å². The van der Waals surface area contributed by atoms with E-state index in [0.29, 0.717) is 0 Å². The minimum absolute atomic E-state index is 0.0266. The molecular formula is C8H14N3O2+. The van der Waals surface area contributed by atoms with Gasteiger partial charge in [-0.3, -0.25) is 0 Å². The molecule has 0 aliphatic carbocycles. The molecule has 2 aliphatic heterocycles. The molecule has 2 saturated heterocycles. The first-order valence-electron chi connectivity index (χ1n) is 4.30. The summed E-state index contributed by atoms with van der Waals surface area (Å²) < 4.78 is 0.0266. The number of carbonyl (C=O) groups is 2. The lowest BCUT2D eigenvalue weighted by atomic mass is 10.0. The Labute approximate surface area is 76.6 Å². The Morgan fingerprint density at radius 1 is 1.08 bits per heavy atom. The predicted molar refractivity (Wildman–Crippen MR) is 45.5 cm³/mol. The van der Waals surface area contributed by atoms with E-state index >= 15 is 0 Å². The number of urea groups is 2. The molecule has 72 valence electrons. The fourth-order valence-electron chi connectivity index (χ4n) is 2.37. The summed E-state index contributed by atoms with van der Waals surface area (Å²) in [6.45, 7) is 7.88. The third-order valence-electron chi connectivity index (χ3n) is 3.92. The topological polar surface area (TPSA) is 58.2 Å². The van der Waals surface area contributed by atoms with E-state index in [1.54, 1.807) is 0 Å². The van der Waals surface area contributed by atoms with Gasteiger partial charge in [0, 0.05) is 0 Å². The maximum Gasteiger partial charge on any atom is 0.450 e. The monoisotopic (exact) mass is 184 g/mol. The normalized spacial score (nSPS) is 31.4. The minimum atomic E-state index is -0.399. The Hall–Kier alpha value is -1.10. The summed E-state index contributed by atoms with van der Waals surface area (Å²) in [7, 11) is 0. The van der Waals surface area contributed by atoms with Crippen molar-refractivity contribution in [1.29, 1.82) is 0 Å². The van der Waals surface area contributed by atoms with Crippen molar-refractivity contribution in [3.63, 3.8) is 0 Å². The fourth-order valence-corrected chi connectivity index (χ4v) is 2.37. The van der Waals surface area contributed by atoms with Crippen LogP contribution in [-0.2, 0) is 0 Å². The van der Waals surface area contributed by atoms with Gasteiger partial charge in [-0.25, -0.2) is 14.9 Å². The van der Waals surface area contributed by atoms with Crippen LogP contribution in [-0.4, -0.2) is 27.7 Å². The van der Waals surface area contributed by atoms with Gasteiger partial charge in [-0.1, -0.05) is 0 Å². The molecule has 0 aromatic rings. The van der Waals surface area contributed by atoms with Crippen LogP contribution in [0.5, 0.6) is 0 Å². The summed E-state index contributed by atoms with van der Waals surface area (Å²) in [6, 6.07) is -0.649. The third-order valence-corrected chi connectivity index (χ3v) is 3.92. The van der Waals surface area contributed by atoms with Crippen molar-refractivity contribution >= 4 is 12.1 Å². The molecule has 0 radical (unpaired) electrons. The highest BCUT2D eigenvalue weighted by Gasteiger charge is 2.88. The van der Waals surface area contributed by atoms with Crippen LogP contribution in [0, 0.1) is 0 Å². The minimum Gasteiger partial charge on any atom is -0.243 e. The van der Waals surface area contributed by atoms with Crippen LogP contribution in [0.2, 0.25) is 0 Å². The lowest BCUT2D eigenvalue weighted by molar-refractivity contribution is -0.798. The number of quaternary nitrogens is 1. The van der Waals surface area contributed by atoms with Crippen LogP contribution in [0.25, 0.3) is 0 Å². The quantitative estimate of drug-likeness (QED) is 0.430. The molecule has 5 heteroatoms. The van der Waals surface area contributed by atoms with Crippen molar-refractivity contribution in [2.24, 2.45) is 0 Å². The Kier molecular flexibility index (Phi) is 1.13. The largest absolute Gasteiger partial charge is 0.450 e. The van der Waals surface area contributed by atoms with E-state index in [9.17, 15) is 9.59 Å². The summed E-state index contributed by atoms with van der Waals surface area (Å²) in [6.07, 6.45) is 0. The average molecular weight is 184 g/mol. The molecule has 0 saturated carbocycles. The van der Waals surface area contributed by atoms with Gasteiger partial charge in [0.1, 0.15) is 0 Å². The van der Waals surface area contributed by atoms with E-state index in [0.717, 1.165) is 0 Å². The molecular weight excluding hydrogens is 170 g/mol. The van der Waals surface area contributed by atoms with E-state index in [2.05, 4.69) is 10.7 Å². The highest BCUT2D eigenvalue weighted by Crippen LogP contribution is 2.58. The van der Waals surface area contributed by atoms with Crippen molar-refractivity contribution in [1.82, 2.24) is 10.7 Å². The number of carbonyl (C=O) groups excluding carboxylic acids is 2. The maximum atomic E-state index is 11.6. The van der Waals surface area contributed by atoms with Crippen LogP contribution >= 0.6 is 0 Å². The molecule has 0 atom stereocenters. The summed E-state index contributed by atoms with van der Waals surface area (Å²) in [5.74, 6) is 0. The van der Waals surface area contributed by atoms with E-state index in [1.807, 2.05) is 27.7 Å². The SMILES string of the molecule is CC1(C)C(C)(C)[N+]12NC(=O)NC2=O. The first kappa shape index (κ1) is 8.50. The van der Waals surface area contributed by atoms with Crippen LogP contribution in [0.1, 0.15) is 27.7 Å². The molecule has 0 unspecified atom stereocenters. The summed E-state index contributed by atoms with van der Waals surface area (Å²) >= 11 is 0. The Bertz CT molecular complexity index is 305. The Morgan fingerprint density at radius 3 is 1.69 bits per heavy atom. The van der Waals surface area contributed by atoms with Gasteiger partial charge in [0.25, 0.3) is 0 Å². The van der Waals surface area contributed by atoms with E-state index < -0.39 is 6.03 Å². The summed E-state index contributed by atoms with van der Waals surface area (Å²) in [5.41, 5.74) is 2.21. The van der Waals surface area contributed by atoms with Crippen LogP contribution in [0.3, 0.4) is 0 Å². The van der Waals surface area contributed by atoms with Gasteiger partial charge >= 0.3 is 12.1 Å². The first-order chi connectivity index (χ1) is 5.77. The average Bonchev–Trinajstić information content (AvgIpc) is 2.23. The first-order valence-corrected chi connectivity index (χ1v) is 4.30. The predicted octanol–water partition coefficient (Wildman–Crippen LogP) is 0.722. The number of nitrogens with zero attached hydrogens (tertiary/aromatic N) is 1. The van der Waals surface area contributed by atoms with E-state index in [1.165, 1.54) is 0 Å². The molecule has 2 rings (SSSR count). The number of rotatable bonds is 0. The zero-order valence-corrected chi connectivity index (χ0v) is 8.26. The second-order valence-electron chi connectivity index (χ2n) is 4.66. The van der Waals surface area contributed by atoms with Crippen LogP contribution in [0.4, 0.5) is 9.59 Å². The smallest absolute Gasteiger partial charge is 0.243 e. The van der Waals surface area contributed by atoms with E-state index in [4.69, 9.17) is 0 Å². The molecule has 0 aromatic carbocycles. The summed E-state index contributed by atoms with van der Waals surface area (Å²) in [5, 5.41) is 2.26. The second kappa shape index (κ2) is 1.72. The van der Waals surface area contributed by atoms with Gasteiger partial charge < -0.3 is 0 Å². The Morgan fingerprint density at radius 2 is 1.54 bits per heavy atom. The lowest BCUT2D eigenvalue weighted by Crippen LogP contribution is -2.46. The van der Waals surface area contributed by atoms with Crippen molar-refractivity contribution in [3.05, 3.63) is 0 Å². The number of nitrogens with one attached hydrogen (secondary N) is 2. The van der Waals surface area contributed by atoms with Gasteiger partial charge in [-0.15, -0.1) is 4.59 Å². The lowest BCUT2D eigenvalue weighted by Gasteiger charge is -2.10. The fraction of sp³-hybridized carbons (Fsp3) is 0.750. The van der Waals surface area contributed by atoms with Crippen LogP contribution < -0.4 is 10.7 Å². The second-order valence-corrected chi connectivity index (χ2v) is 4.66. The molecule has 5 nitrogen and oxygen atoms in total. The highest BCUT2D eigenvalue weighted by molar-refractivity contribution is 5.95. The van der Waals surface area contributed by atoms with Crippen molar-refractivity contribution in [2.75, 3.05) is 0 Å². The molecule has 1 spiro atoms. The summed E-state index contributed by atoms with van der Waals surface area (Å²) in [4.78, 5) is 22.6. The zero-order valence-electron chi connectivity index (χ0n) is 8.26. The maximum absolute atomic E-state index is 11.6. The van der Waals surface area contributed by atoms with Gasteiger partial charge in [-0.2, -0.15) is 5.43 Å². The molecule has 2 N–H and O–H groups in total. The van der Waals surface area contributed by atoms with E-state index in [-0.39, 0.29) is 21.7 Å². The van der Waals surface area contributed by atoms with Gasteiger partial charge in [0.2, 0.25) is 0 Å². The van der Waals surface area contributed by atoms with Gasteiger partial charge in [0.05, 0.1) is 0 Å². The molecule has 0 bridgehead atoms. The van der Waals surface area contributed by atoms with Crippen LogP contribution in [0.15, 0.2) is 0 Å². The standard InChI is InChI=1S/C8H13N3O2/c1-7(2)8(3,4)11(7)6(13)9-5(12)10-11/h1-4H3,(H-,9,10,12,13)/p+1. The molecule has 2 heterocycles. The van der Waals surface area contributed by atoms with Crippen molar-refractivity contribution < 1.29 is 14.2 Å². The van der Waals surface area contributed by atoms with Gasteiger partial charge in [-0.05, 0) is 27.7 Å². The molecule has 0 aromatic heterocycles. The molecule has 13 heavy (non-hydrogen) atoms. The molecule has 4 amide bonds. The molecule has 2 aliphatic rings. The third kappa shape index (κ3) is 0.571. The number of hydrogen-bond acceptors (Lipinski definition) is 2. The Balaban J connectivity index is 2.47. The molecule has 2 fully saturated rings. The highest BCUT2D eigenvalue weighted by atomic mass is 16.2. The zero-order chi connectivity index (χ0) is 10.1. The van der Waals surface area contributed by atoms with Crippen molar-refractivity contribution in [2.45, 2.75) is 38.8 Å². The number of amides is 4.